The second-order valence-electron chi connectivity index (χ2n) is 6.12. The molecule has 8 heteroatoms. The monoisotopic (exact) mass is 363 g/mol. The van der Waals surface area contributed by atoms with E-state index in [0.29, 0.717) is 46.3 Å². The summed E-state index contributed by atoms with van der Waals surface area (Å²) in [5, 5.41) is 5.33. The van der Waals surface area contributed by atoms with Crippen molar-refractivity contribution in [2.45, 2.75) is 19.9 Å². The topological polar surface area (TPSA) is 109 Å². The third-order valence-corrected chi connectivity index (χ3v) is 4.42. The van der Waals surface area contributed by atoms with Gasteiger partial charge in [-0.05, 0) is 24.6 Å². The summed E-state index contributed by atoms with van der Waals surface area (Å²) in [5.74, 6) is 0.699. The molecular weight excluding hydrogens is 345 g/mol. The van der Waals surface area contributed by atoms with Crippen LogP contribution in [0.15, 0.2) is 42.6 Å². The van der Waals surface area contributed by atoms with Crippen LogP contribution in [-0.2, 0) is 13.0 Å². The Labute approximate surface area is 154 Å². The molecule has 3 heterocycles. The number of halogens is 1. The Hall–Kier alpha value is -3.55. The maximum absolute atomic E-state index is 14.1. The standard InChI is InChI=1S/C19H18FN7/c1-2-12-16(21)24-18(25-17(12)22)15-13-7-5-9-23-19(13)27(26-15)10-11-6-3-4-8-14(11)20/h3-9H,2,10H2,1H3,(H4,21,22,24,25). The van der Waals surface area contributed by atoms with E-state index in [0.717, 1.165) is 5.39 Å². The molecule has 3 aromatic heterocycles. The van der Waals surface area contributed by atoms with Gasteiger partial charge in [0.05, 0.1) is 11.9 Å². The number of hydrogen-bond donors (Lipinski definition) is 2. The number of benzene rings is 1. The van der Waals surface area contributed by atoms with Crippen molar-refractivity contribution in [3.63, 3.8) is 0 Å². The average molecular weight is 363 g/mol. The number of pyridine rings is 1. The first-order valence-electron chi connectivity index (χ1n) is 8.55. The molecule has 0 fully saturated rings. The van der Waals surface area contributed by atoms with Crippen molar-refractivity contribution in [1.82, 2.24) is 24.7 Å². The van der Waals surface area contributed by atoms with E-state index in [1.165, 1.54) is 6.07 Å². The summed E-state index contributed by atoms with van der Waals surface area (Å²) < 4.78 is 15.7. The number of nitrogens with two attached hydrogens (primary N) is 2. The van der Waals surface area contributed by atoms with Crippen molar-refractivity contribution in [2.75, 3.05) is 11.5 Å². The summed E-state index contributed by atoms with van der Waals surface area (Å²) in [5.41, 5.74) is 14.4. The largest absolute Gasteiger partial charge is 0.383 e. The van der Waals surface area contributed by atoms with E-state index in [1.54, 1.807) is 35.1 Å². The highest BCUT2D eigenvalue weighted by Gasteiger charge is 2.18. The molecular formula is C19H18FN7. The zero-order valence-corrected chi connectivity index (χ0v) is 14.7. The number of hydrogen-bond acceptors (Lipinski definition) is 6. The fourth-order valence-electron chi connectivity index (χ4n) is 3.06. The molecule has 0 aliphatic heterocycles. The van der Waals surface area contributed by atoms with Gasteiger partial charge in [0.25, 0.3) is 0 Å². The number of anilines is 2. The van der Waals surface area contributed by atoms with E-state index in [9.17, 15) is 4.39 Å². The zero-order chi connectivity index (χ0) is 19.0. The number of rotatable bonds is 4. The zero-order valence-electron chi connectivity index (χ0n) is 14.7. The van der Waals surface area contributed by atoms with E-state index in [4.69, 9.17) is 11.5 Å². The lowest BCUT2D eigenvalue weighted by atomic mass is 10.2. The van der Waals surface area contributed by atoms with Crippen LogP contribution < -0.4 is 11.5 Å². The van der Waals surface area contributed by atoms with Crippen molar-refractivity contribution in [3.05, 3.63) is 59.5 Å². The molecule has 7 nitrogen and oxygen atoms in total. The van der Waals surface area contributed by atoms with Gasteiger partial charge in [0.15, 0.2) is 11.5 Å². The fourth-order valence-corrected chi connectivity index (χ4v) is 3.06. The fraction of sp³-hybridized carbons (Fsp3) is 0.158. The Kier molecular flexibility index (Phi) is 4.15. The van der Waals surface area contributed by atoms with Crippen LogP contribution in [0, 0.1) is 5.82 Å². The molecule has 0 atom stereocenters. The minimum atomic E-state index is -0.296. The van der Waals surface area contributed by atoms with Crippen LogP contribution in [0.2, 0.25) is 0 Å². The highest BCUT2D eigenvalue weighted by molar-refractivity contribution is 5.89. The first-order valence-corrected chi connectivity index (χ1v) is 8.55. The maximum Gasteiger partial charge on any atom is 0.184 e. The summed E-state index contributed by atoms with van der Waals surface area (Å²) in [6, 6.07) is 10.2. The molecule has 136 valence electrons. The van der Waals surface area contributed by atoms with Gasteiger partial charge < -0.3 is 11.5 Å². The third kappa shape index (κ3) is 2.95. The van der Waals surface area contributed by atoms with Crippen LogP contribution in [0.3, 0.4) is 0 Å². The van der Waals surface area contributed by atoms with E-state index < -0.39 is 0 Å². The van der Waals surface area contributed by atoms with Gasteiger partial charge in [0.2, 0.25) is 0 Å². The lowest BCUT2D eigenvalue weighted by Gasteiger charge is -2.07. The molecule has 0 unspecified atom stereocenters. The van der Waals surface area contributed by atoms with Crippen molar-refractivity contribution < 1.29 is 4.39 Å². The molecule has 1 aromatic carbocycles. The van der Waals surface area contributed by atoms with E-state index in [1.807, 2.05) is 13.0 Å². The van der Waals surface area contributed by atoms with Crippen LogP contribution in [0.25, 0.3) is 22.6 Å². The van der Waals surface area contributed by atoms with Crippen LogP contribution in [-0.4, -0.2) is 24.7 Å². The Morgan fingerprint density at radius 3 is 2.48 bits per heavy atom. The summed E-state index contributed by atoms with van der Waals surface area (Å²) in [4.78, 5) is 13.1. The number of nitrogens with zero attached hydrogens (tertiary/aromatic N) is 5. The molecule has 0 saturated heterocycles. The van der Waals surface area contributed by atoms with Gasteiger partial charge in [-0.3, -0.25) is 0 Å². The average Bonchev–Trinajstić information content (AvgIpc) is 3.02. The molecule has 0 bridgehead atoms. The van der Waals surface area contributed by atoms with Crippen LogP contribution in [0.1, 0.15) is 18.1 Å². The van der Waals surface area contributed by atoms with Gasteiger partial charge in [-0.25, -0.2) is 24.0 Å². The molecule has 0 spiro atoms. The predicted molar refractivity (Wildman–Crippen MR) is 102 cm³/mol. The maximum atomic E-state index is 14.1. The summed E-state index contributed by atoms with van der Waals surface area (Å²) >= 11 is 0. The summed E-state index contributed by atoms with van der Waals surface area (Å²) in [7, 11) is 0. The minimum absolute atomic E-state index is 0.234. The number of nitrogen functional groups attached to an aromatic ring is 2. The van der Waals surface area contributed by atoms with Crippen molar-refractivity contribution in [1.29, 1.82) is 0 Å². The van der Waals surface area contributed by atoms with E-state index in [2.05, 4.69) is 20.1 Å². The summed E-state index contributed by atoms with van der Waals surface area (Å²) in [6.07, 6.45) is 2.30. The van der Waals surface area contributed by atoms with Gasteiger partial charge in [-0.1, -0.05) is 25.1 Å². The Morgan fingerprint density at radius 1 is 1.04 bits per heavy atom. The number of aromatic nitrogens is 5. The predicted octanol–water partition coefficient (Wildman–Crippen LogP) is 2.80. The molecule has 0 aliphatic rings. The molecule has 27 heavy (non-hydrogen) atoms. The van der Waals surface area contributed by atoms with Crippen molar-refractivity contribution in [3.8, 4) is 11.5 Å². The van der Waals surface area contributed by atoms with Gasteiger partial charge in [-0.15, -0.1) is 0 Å². The Morgan fingerprint density at radius 2 is 1.78 bits per heavy atom. The van der Waals surface area contributed by atoms with E-state index >= 15 is 0 Å². The molecule has 4 rings (SSSR count). The molecule has 0 radical (unpaired) electrons. The first-order chi connectivity index (χ1) is 13.1. The van der Waals surface area contributed by atoms with Gasteiger partial charge in [-0.2, -0.15) is 5.10 Å². The second-order valence-corrected chi connectivity index (χ2v) is 6.12. The van der Waals surface area contributed by atoms with Gasteiger partial charge in [0.1, 0.15) is 23.1 Å². The van der Waals surface area contributed by atoms with Crippen LogP contribution in [0.5, 0.6) is 0 Å². The van der Waals surface area contributed by atoms with E-state index in [-0.39, 0.29) is 12.4 Å². The smallest absolute Gasteiger partial charge is 0.184 e. The minimum Gasteiger partial charge on any atom is -0.383 e. The quantitative estimate of drug-likeness (QED) is 0.577. The van der Waals surface area contributed by atoms with Gasteiger partial charge in [0, 0.05) is 17.3 Å². The molecule has 0 amide bonds. The summed E-state index contributed by atoms with van der Waals surface area (Å²) in [6.45, 7) is 2.17. The number of fused-ring (bicyclic) bond motifs is 1. The molecule has 0 saturated carbocycles. The van der Waals surface area contributed by atoms with Gasteiger partial charge >= 0.3 is 0 Å². The molecule has 4 N–H and O–H groups in total. The Balaban J connectivity index is 1.87. The second kappa shape index (κ2) is 6.64. The SMILES string of the molecule is CCc1c(N)nc(-c2nn(Cc3ccccc3F)c3ncccc23)nc1N. The highest BCUT2D eigenvalue weighted by Crippen LogP contribution is 2.28. The molecule has 0 aliphatic carbocycles. The Bertz CT molecular complexity index is 1110. The molecule has 4 aromatic rings. The highest BCUT2D eigenvalue weighted by atomic mass is 19.1. The lowest BCUT2D eigenvalue weighted by Crippen LogP contribution is -2.07. The lowest BCUT2D eigenvalue weighted by molar-refractivity contribution is 0.589. The first kappa shape index (κ1) is 16.9. The van der Waals surface area contributed by atoms with Crippen molar-refractivity contribution >= 4 is 22.7 Å². The normalized spacial score (nSPS) is 11.2. The third-order valence-electron chi connectivity index (χ3n) is 4.42. The van der Waals surface area contributed by atoms with Crippen LogP contribution >= 0.6 is 0 Å². The van der Waals surface area contributed by atoms with Crippen molar-refractivity contribution in [2.24, 2.45) is 0 Å². The van der Waals surface area contributed by atoms with Crippen LogP contribution in [0.4, 0.5) is 16.0 Å².